The molecule has 2 aromatic carbocycles. The Morgan fingerprint density at radius 2 is 1.32 bits per heavy atom. The highest BCUT2D eigenvalue weighted by molar-refractivity contribution is 5.83. The normalized spacial score (nSPS) is 10.0. The van der Waals surface area contributed by atoms with Crippen LogP contribution in [0.2, 0.25) is 0 Å². The molecule has 0 aromatic heterocycles. The minimum atomic E-state index is -0.457. The van der Waals surface area contributed by atoms with Crippen molar-refractivity contribution in [1.29, 1.82) is 0 Å². The lowest BCUT2D eigenvalue weighted by atomic mass is 10.1. The van der Waals surface area contributed by atoms with Crippen LogP contribution in [0, 0.1) is 20.8 Å². The summed E-state index contributed by atoms with van der Waals surface area (Å²) >= 11 is 0. The minimum Gasteiger partial charge on any atom is -0.484 e. The van der Waals surface area contributed by atoms with Crippen LogP contribution in [0.25, 0.3) is 0 Å². The van der Waals surface area contributed by atoms with Gasteiger partial charge in [0.1, 0.15) is 11.5 Å². The number of rotatable bonds is 6. The molecule has 0 heterocycles. The van der Waals surface area contributed by atoms with E-state index in [4.69, 9.17) is 9.47 Å². The second-order valence-corrected chi connectivity index (χ2v) is 5.71. The molecule has 2 amide bonds. The molecule has 0 saturated carbocycles. The van der Waals surface area contributed by atoms with Gasteiger partial charge in [-0.1, -0.05) is 35.9 Å². The van der Waals surface area contributed by atoms with E-state index in [9.17, 15) is 9.59 Å². The number of benzene rings is 2. The van der Waals surface area contributed by atoms with Gasteiger partial charge in [-0.15, -0.1) is 0 Å². The molecule has 0 aliphatic rings. The lowest BCUT2D eigenvalue weighted by molar-refractivity contribution is -0.131. The summed E-state index contributed by atoms with van der Waals surface area (Å²) in [6.07, 6.45) is 0. The Hall–Kier alpha value is -3.02. The molecule has 2 rings (SSSR count). The highest BCUT2D eigenvalue weighted by Gasteiger charge is 2.09. The van der Waals surface area contributed by atoms with Crippen LogP contribution in [0.15, 0.2) is 42.5 Å². The third-order valence-corrected chi connectivity index (χ3v) is 3.49. The lowest BCUT2D eigenvalue weighted by Gasteiger charge is -2.12. The van der Waals surface area contributed by atoms with E-state index in [2.05, 4.69) is 10.9 Å². The number of para-hydroxylation sites is 1. The Balaban J connectivity index is 1.70. The summed E-state index contributed by atoms with van der Waals surface area (Å²) in [6.45, 7) is 5.40. The number of nitrogens with one attached hydrogen (secondary N) is 2. The molecule has 0 radical (unpaired) electrons. The molecule has 6 heteroatoms. The average molecular weight is 342 g/mol. The zero-order valence-corrected chi connectivity index (χ0v) is 14.6. The Kier molecular flexibility index (Phi) is 6.39. The van der Waals surface area contributed by atoms with Crippen molar-refractivity contribution in [3.8, 4) is 11.5 Å². The van der Waals surface area contributed by atoms with E-state index >= 15 is 0 Å². The zero-order chi connectivity index (χ0) is 18.2. The van der Waals surface area contributed by atoms with Crippen molar-refractivity contribution in [1.82, 2.24) is 10.9 Å². The summed E-state index contributed by atoms with van der Waals surface area (Å²) in [5.41, 5.74) is 7.58. The van der Waals surface area contributed by atoms with Crippen molar-refractivity contribution in [3.63, 3.8) is 0 Å². The number of ether oxygens (including phenoxy) is 2. The van der Waals surface area contributed by atoms with Crippen molar-refractivity contribution in [3.05, 3.63) is 59.2 Å². The number of carbonyl (C=O) groups excluding carboxylic acids is 2. The third kappa shape index (κ3) is 5.84. The van der Waals surface area contributed by atoms with Gasteiger partial charge < -0.3 is 9.47 Å². The van der Waals surface area contributed by atoms with Crippen molar-refractivity contribution >= 4 is 11.8 Å². The van der Waals surface area contributed by atoms with Gasteiger partial charge in [0.05, 0.1) is 0 Å². The van der Waals surface area contributed by atoms with Gasteiger partial charge in [0.25, 0.3) is 11.8 Å². The van der Waals surface area contributed by atoms with Crippen molar-refractivity contribution < 1.29 is 19.1 Å². The molecule has 0 aliphatic carbocycles. The van der Waals surface area contributed by atoms with E-state index < -0.39 is 11.8 Å². The predicted molar refractivity (Wildman–Crippen MR) is 94.4 cm³/mol. The van der Waals surface area contributed by atoms with Gasteiger partial charge in [0.2, 0.25) is 0 Å². The maximum atomic E-state index is 11.8. The Morgan fingerprint density at radius 1 is 0.800 bits per heavy atom. The zero-order valence-electron chi connectivity index (χ0n) is 14.6. The van der Waals surface area contributed by atoms with Gasteiger partial charge in [-0.2, -0.15) is 0 Å². The number of amides is 2. The van der Waals surface area contributed by atoms with Crippen molar-refractivity contribution in [2.24, 2.45) is 0 Å². The molecule has 25 heavy (non-hydrogen) atoms. The van der Waals surface area contributed by atoms with Crippen LogP contribution in [-0.4, -0.2) is 25.0 Å². The van der Waals surface area contributed by atoms with E-state index in [1.807, 2.05) is 51.1 Å². The third-order valence-electron chi connectivity index (χ3n) is 3.49. The van der Waals surface area contributed by atoms with Crippen LogP contribution >= 0.6 is 0 Å². The molecule has 6 nitrogen and oxygen atoms in total. The van der Waals surface area contributed by atoms with Crippen LogP contribution in [0.1, 0.15) is 16.7 Å². The fraction of sp³-hybridized carbons (Fsp3) is 0.263. The summed E-state index contributed by atoms with van der Waals surface area (Å²) < 4.78 is 10.8. The summed E-state index contributed by atoms with van der Waals surface area (Å²) in [5, 5.41) is 0. The molecule has 0 bridgehead atoms. The summed E-state index contributed by atoms with van der Waals surface area (Å²) in [4.78, 5) is 23.4. The second-order valence-electron chi connectivity index (χ2n) is 5.71. The highest BCUT2D eigenvalue weighted by Crippen LogP contribution is 2.21. The van der Waals surface area contributed by atoms with E-state index in [0.717, 1.165) is 16.7 Å². The van der Waals surface area contributed by atoms with E-state index in [0.29, 0.717) is 11.5 Å². The molecule has 0 fully saturated rings. The van der Waals surface area contributed by atoms with E-state index in [1.54, 1.807) is 12.1 Å². The van der Waals surface area contributed by atoms with Crippen LogP contribution in [0.4, 0.5) is 0 Å². The smallest absolute Gasteiger partial charge is 0.276 e. The van der Waals surface area contributed by atoms with Gasteiger partial charge in [0, 0.05) is 0 Å². The van der Waals surface area contributed by atoms with Crippen LogP contribution in [0.3, 0.4) is 0 Å². The Morgan fingerprint density at radius 3 is 1.88 bits per heavy atom. The number of hydrogen-bond acceptors (Lipinski definition) is 4. The lowest BCUT2D eigenvalue weighted by Crippen LogP contribution is -2.45. The standard InChI is InChI=1S/C19H22N2O4/c1-13-7-9-16(10-8-13)24-11-17(22)20-21-18(23)12-25-19-14(2)5-4-6-15(19)3/h4-10H,11-12H2,1-3H3,(H,20,22)(H,21,23). The average Bonchev–Trinajstić information content (AvgIpc) is 2.59. The molecule has 132 valence electrons. The van der Waals surface area contributed by atoms with Gasteiger partial charge in [-0.05, 0) is 44.0 Å². The second kappa shape index (κ2) is 8.73. The van der Waals surface area contributed by atoms with E-state index in [-0.39, 0.29) is 13.2 Å². The molecule has 0 saturated heterocycles. The highest BCUT2D eigenvalue weighted by atomic mass is 16.5. The topological polar surface area (TPSA) is 76.7 Å². The monoisotopic (exact) mass is 342 g/mol. The van der Waals surface area contributed by atoms with Gasteiger partial charge in [-0.3, -0.25) is 20.4 Å². The Bertz CT molecular complexity index is 721. The first-order valence-corrected chi connectivity index (χ1v) is 7.92. The van der Waals surface area contributed by atoms with Gasteiger partial charge in [-0.25, -0.2) is 0 Å². The molecule has 0 atom stereocenters. The minimum absolute atomic E-state index is 0.190. The van der Waals surface area contributed by atoms with Gasteiger partial charge >= 0.3 is 0 Å². The molecule has 0 spiro atoms. The molecule has 2 N–H and O–H groups in total. The summed E-state index contributed by atoms with van der Waals surface area (Å²) in [7, 11) is 0. The Labute approximate surface area is 147 Å². The maximum Gasteiger partial charge on any atom is 0.276 e. The first-order valence-electron chi connectivity index (χ1n) is 7.92. The van der Waals surface area contributed by atoms with Crippen molar-refractivity contribution in [2.75, 3.05) is 13.2 Å². The van der Waals surface area contributed by atoms with Crippen LogP contribution < -0.4 is 20.3 Å². The molecule has 0 unspecified atom stereocenters. The predicted octanol–water partition coefficient (Wildman–Crippen LogP) is 2.22. The fourth-order valence-electron chi connectivity index (χ4n) is 2.16. The first-order chi connectivity index (χ1) is 12.0. The molecule has 0 aliphatic heterocycles. The fourth-order valence-corrected chi connectivity index (χ4v) is 2.16. The number of carbonyl (C=O) groups is 2. The SMILES string of the molecule is Cc1ccc(OCC(=O)NNC(=O)COc2c(C)cccc2C)cc1. The first kappa shape index (κ1) is 18.3. The van der Waals surface area contributed by atoms with Crippen molar-refractivity contribution in [2.45, 2.75) is 20.8 Å². The number of aryl methyl sites for hydroxylation is 3. The van der Waals surface area contributed by atoms with Crippen LogP contribution in [0.5, 0.6) is 11.5 Å². The maximum absolute atomic E-state index is 11.8. The summed E-state index contributed by atoms with van der Waals surface area (Å²) in [5.74, 6) is 0.351. The molecule has 2 aromatic rings. The van der Waals surface area contributed by atoms with Crippen LogP contribution in [-0.2, 0) is 9.59 Å². The summed E-state index contributed by atoms with van der Waals surface area (Å²) in [6, 6.07) is 13.1. The quantitative estimate of drug-likeness (QED) is 0.789. The largest absolute Gasteiger partial charge is 0.484 e. The number of hydrazine groups is 1. The number of hydrogen-bond donors (Lipinski definition) is 2. The molecular formula is C19H22N2O4. The van der Waals surface area contributed by atoms with Gasteiger partial charge in [0.15, 0.2) is 13.2 Å². The molecular weight excluding hydrogens is 320 g/mol. The van der Waals surface area contributed by atoms with E-state index in [1.165, 1.54) is 0 Å².